The lowest BCUT2D eigenvalue weighted by molar-refractivity contribution is -0.124. The van der Waals surface area contributed by atoms with Crippen LogP contribution in [0.3, 0.4) is 0 Å². The molecule has 0 atom stereocenters. The largest absolute Gasteiger partial charge is 0.380 e. The van der Waals surface area contributed by atoms with Gasteiger partial charge in [0.25, 0.3) is 5.91 Å². The molecule has 9 nitrogen and oxygen atoms in total. The number of pyridine rings is 1. The predicted octanol–water partition coefficient (Wildman–Crippen LogP) is 4.12. The first-order chi connectivity index (χ1) is 17.5. The third kappa shape index (κ3) is 5.58. The Morgan fingerprint density at radius 3 is 2.46 bits per heavy atom. The number of nitrogens with one attached hydrogen (secondary N) is 2. The fourth-order valence-corrected chi connectivity index (χ4v) is 5.55. The Kier molecular flexibility index (Phi) is 6.63. The summed E-state index contributed by atoms with van der Waals surface area (Å²) in [5.74, 6) is -0.932. The molecule has 3 aromatic rings. The summed E-state index contributed by atoms with van der Waals surface area (Å²) in [6.07, 6.45) is 6.30. The van der Waals surface area contributed by atoms with E-state index in [2.05, 4.69) is 19.9 Å². The van der Waals surface area contributed by atoms with Crippen LogP contribution in [0.4, 0.5) is 21.5 Å². The fourth-order valence-electron chi connectivity index (χ4n) is 4.77. The fraction of sp³-hybridized carbons (Fsp3) is 0.360. The zero-order valence-corrected chi connectivity index (χ0v) is 22.0. The molecule has 2 fully saturated rings. The average molecular weight is 548 g/mol. The second kappa shape index (κ2) is 9.62. The second-order valence-corrected chi connectivity index (χ2v) is 12.0. The van der Waals surface area contributed by atoms with E-state index in [1.54, 1.807) is 30.1 Å². The summed E-state index contributed by atoms with van der Waals surface area (Å²) in [6.45, 7) is 3.30. The molecule has 2 aromatic heterocycles. The van der Waals surface area contributed by atoms with Crippen molar-refractivity contribution in [1.29, 1.82) is 0 Å². The first-order valence-electron chi connectivity index (χ1n) is 11.8. The topological polar surface area (TPSA) is 106 Å². The van der Waals surface area contributed by atoms with Crippen LogP contribution in [0, 0.1) is 11.2 Å². The van der Waals surface area contributed by atoms with E-state index in [0.29, 0.717) is 16.8 Å². The maximum atomic E-state index is 15.2. The summed E-state index contributed by atoms with van der Waals surface area (Å²) in [5, 5.41) is 2.94. The lowest BCUT2D eigenvalue weighted by atomic mass is 9.77. The summed E-state index contributed by atoms with van der Waals surface area (Å²) >= 11 is 6.08. The number of halogens is 2. The minimum Gasteiger partial charge on any atom is -0.380 e. The normalized spacial score (nSPS) is 16.9. The minimum atomic E-state index is -3.52. The number of amides is 1. The van der Waals surface area contributed by atoms with E-state index >= 15 is 4.39 Å². The third-order valence-corrected chi connectivity index (χ3v) is 7.63. The van der Waals surface area contributed by atoms with Crippen LogP contribution in [0.5, 0.6) is 0 Å². The van der Waals surface area contributed by atoms with E-state index in [1.165, 1.54) is 24.3 Å². The molecule has 0 radical (unpaired) electrons. The van der Waals surface area contributed by atoms with Crippen LogP contribution in [-0.4, -0.2) is 56.4 Å². The number of carbonyl (C=O) groups excluding carboxylic acids is 1. The highest BCUT2D eigenvalue weighted by atomic mass is 35.5. The standard InChI is InChI=1S/C25H27ClFN5O4S/c1-31-13-16(24(33)29-18-8-17(26)9-19(10-18)30-37(2,34)35)7-22(31)23-21(27)11-20(12-28-23)32-5-3-25(4-6-32)14-36-15-25/h7-13,30H,3-6,14-15H2,1-2H3,(H,29,33). The smallest absolute Gasteiger partial charge is 0.257 e. The molecule has 37 heavy (non-hydrogen) atoms. The summed E-state index contributed by atoms with van der Waals surface area (Å²) in [6, 6.07) is 7.43. The van der Waals surface area contributed by atoms with Crippen LogP contribution in [0.2, 0.25) is 5.02 Å². The van der Waals surface area contributed by atoms with Gasteiger partial charge in [0, 0.05) is 48.5 Å². The van der Waals surface area contributed by atoms with E-state index < -0.39 is 21.7 Å². The van der Waals surface area contributed by atoms with E-state index in [4.69, 9.17) is 16.3 Å². The SMILES string of the molecule is Cn1cc(C(=O)Nc2cc(Cl)cc(NS(C)(=O)=O)c2)cc1-c1ncc(N2CCC3(CC2)COC3)cc1F. The van der Waals surface area contributed by atoms with Gasteiger partial charge in [-0.2, -0.15) is 0 Å². The first kappa shape index (κ1) is 25.5. The van der Waals surface area contributed by atoms with Crippen LogP contribution >= 0.6 is 11.6 Å². The second-order valence-electron chi connectivity index (χ2n) is 9.79. The van der Waals surface area contributed by atoms with E-state index in [0.717, 1.165) is 51.1 Å². The molecule has 1 amide bonds. The number of rotatable bonds is 6. The zero-order chi connectivity index (χ0) is 26.4. The Balaban J connectivity index is 1.31. The molecule has 0 unspecified atom stereocenters. The van der Waals surface area contributed by atoms with Crippen LogP contribution in [0.1, 0.15) is 23.2 Å². The van der Waals surface area contributed by atoms with Crippen LogP contribution in [0.25, 0.3) is 11.4 Å². The number of carbonyl (C=O) groups is 1. The van der Waals surface area contributed by atoms with E-state index in [-0.39, 0.29) is 22.0 Å². The van der Waals surface area contributed by atoms with E-state index in [9.17, 15) is 13.2 Å². The molecule has 5 rings (SSSR count). The molecule has 2 aliphatic heterocycles. The molecule has 1 spiro atoms. The van der Waals surface area contributed by atoms with Gasteiger partial charge in [0.05, 0.1) is 48.3 Å². The number of aromatic nitrogens is 2. The first-order valence-corrected chi connectivity index (χ1v) is 14.0. The Labute approximate surface area is 219 Å². The summed E-state index contributed by atoms with van der Waals surface area (Å²) < 4.78 is 47.6. The minimum absolute atomic E-state index is 0.147. The maximum absolute atomic E-state index is 15.2. The third-order valence-electron chi connectivity index (χ3n) is 6.80. The number of benzene rings is 1. The van der Waals surface area contributed by atoms with Gasteiger partial charge in [-0.25, -0.2) is 17.8 Å². The van der Waals surface area contributed by atoms with Crippen molar-refractivity contribution in [3.05, 3.63) is 59.1 Å². The summed E-state index contributed by atoms with van der Waals surface area (Å²) in [5.41, 5.74) is 2.43. The highest BCUT2D eigenvalue weighted by Gasteiger charge is 2.41. The molecule has 1 aromatic carbocycles. The van der Waals surface area contributed by atoms with Crippen molar-refractivity contribution < 1.29 is 22.3 Å². The number of ether oxygens (including phenoxy) is 1. The van der Waals surface area contributed by atoms with Crippen molar-refractivity contribution in [2.75, 3.05) is 47.5 Å². The van der Waals surface area contributed by atoms with Crippen LogP contribution in [-0.2, 0) is 21.8 Å². The summed E-state index contributed by atoms with van der Waals surface area (Å²) in [7, 11) is -1.81. The number of anilines is 3. The molecule has 0 aliphatic carbocycles. The Bertz CT molecular complexity index is 1460. The molecule has 0 saturated carbocycles. The van der Waals surface area contributed by atoms with Gasteiger partial charge >= 0.3 is 0 Å². The lowest BCUT2D eigenvalue weighted by Crippen LogP contribution is -2.51. The zero-order valence-electron chi connectivity index (χ0n) is 20.4. The van der Waals surface area contributed by atoms with Gasteiger partial charge < -0.3 is 19.5 Å². The molecule has 2 saturated heterocycles. The van der Waals surface area contributed by atoms with Gasteiger partial charge in [0.15, 0.2) is 5.82 Å². The molecule has 12 heteroatoms. The maximum Gasteiger partial charge on any atom is 0.257 e. The molecular weight excluding hydrogens is 521 g/mol. The molecule has 2 N–H and O–H groups in total. The predicted molar refractivity (Wildman–Crippen MR) is 141 cm³/mol. The Morgan fingerprint density at radius 2 is 1.84 bits per heavy atom. The number of hydrogen-bond donors (Lipinski definition) is 2. The van der Waals surface area contributed by atoms with Crippen molar-refractivity contribution in [2.45, 2.75) is 12.8 Å². The number of nitrogens with zero attached hydrogens (tertiary/aromatic N) is 3. The number of aryl methyl sites for hydroxylation is 1. The van der Waals surface area contributed by atoms with Crippen molar-refractivity contribution >= 4 is 44.6 Å². The quantitative estimate of drug-likeness (QED) is 0.481. The van der Waals surface area contributed by atoms with Gasteiger partial charge in [0.2, 0.25) is 10.0 Å². The number of sulfonamides is 1. The molecule has 2 aliphatic rings. The number of piperidine rings is 1. The highest BCUT2D eigenvalue weighted by Crippen LogP contribution is 2.39. The molecular formula is C25H27ClFN5O4S. The van der Waals surface area contributed by atoms with Gasteiger partial charge in [-0.05, 0) is 37.1 Å². The van der Waals surface area contributed by atoms with Crippen LogP contribution < -0.4 is 14.9 Å². The Hall–Kier alpha value is -3.15. The average Bonchev–Trinajstić information content (AvgIpc) is 3.18. The van der Waals surface area contributed by atoms with Gasteiger partial charge in [-0.1, -0.05) is 11.6 Å². The van der Waals surface area contributed by atoms with Crippen molar-refractivity contribution in [3.63, 3.8) is 0 Å². The molecule has 4 heterocycles. The lowest BCUT2D eigenvalue weighted by Gasteiger charge is -2.47. The van der Waals surface area contributed by atoms with E-state index in [1.807, 2.05) is 0 Å². The Morgan fingerprint density at radius 1 is 1.14 bits per heavy atom. The van der Waals surface area contributed by atoms with Gasteiger partial charge in [0.1, 0.15) is 5.69 Å². The highest BCUT2D eigenvalue weighted by molar-refractivity contribution is 7.92. The molecule has 0 bridgehead atoms. The van der Waals surface area contributed by atoms with Gasteiger partial charge in [-0.15, -0.1) is 0 Å². The monoisotopic (exact) mass is 547 g/mol. The van der Waals surface area contributed by atoms with Crippen molar-refractivity contribution in [2.24, 2.45) is 12.5 Å². The molecule has 196 valence electrons. The van der Waals surface area contributed by atoms with Crippen molar-refractivity contribution in [3.8, 4) is 11.4 Å². The van der Waals surface area contributed by atoms with Crippen molar-refractivity contribution in [1.82, 2.24) is 9.55 Å². The van der Waals surface area contributed by atoms with Gasteiger partial charge in [-0.3, -0.25) is 9.52 Å². The van der Waals surface area contributed by atoms with Crippen LogP contribution in [0.15, 0.2) is 42.7 Å². The number of hydrogen-bond acceptors (Lipinski definition) is 6. The summed E-state index contributed by atoms with van der Waals surface area (Å²) in [4.78, 5) is 19.4.